The Balaban J connectivity index is 1.92. The summed E-state index contributed by atoms with van der Waals surface area (Å²) in [7, 11) is 0. The van der Waals surface area contributed by atoms with Gasteiger partial charge in [-0.1, -0.05) is 43.2 Å². The molecule has 0 spiro atoms. The number of hydrogen-bond donors (Lipinski definition) is 0. The second-order valence-corrected chi connectivity index (χ2v) is 6.04. The quantitative estimate of drug-likeness (QED) is 0.797. The average Bonchev–Trinajstić information content (AvgIpc) is 2.97. The number of nitrogens with zero attached hydrogens (tertiary/aromatic N) is 2. The van der Waals surface area contributed by atoms with Crippen molar-refractivity contribution in [1.29, 1.82) is 0 Å². The maximum absolute atomic E-state index is 4.93. The van der Waals surface area contributed by atoms with Gasteiger partial charge in [0.15, 0.2) is 0 Å². The zero-order valence-corrected chi connectivity index (χ0v) is 13.3. The first-order valence-corrected chi connectivity index (χ1v) is 7.98. The summed E-state index contributed by atoms with van der Waals surface area (Å²) >= 11 is 0. The van der Waals surface area contributed by atoms with Crippen molar-refractivity contribution in [3.8, 4) is 11.8 Å². The molecule has 2 nitrogen and oxygen atoms in total. The van der Waals surface area contributed by atoms with E-state index in [2.05, 4.69) is 60.1 Å². The van der Waals surface area contributed by atoms with Crippen molar-refractivity contribution >= 4 is 5.82 Å². The summed E-state index contributed by atoms with van der Waals surface area (Å²) < 4.78 is 0. The van der Waals surface area contributed by atoms with E-state index >= 15 is 0 Å². The predicted molar refractivity (Wildman–Crippen MR) is 92.0 cm³/mol. The van der Waals surface area contributed by atoms with E-state index in [1.54, 1.807) is 0 Å². The van der Waals surface area contributed by atoms with Gasteiger partial charge in [-0.05, 0) is 37.0 Å². The molecule has 2 heterocycles. The van der Waals surface area contributed by atoms with E-state index in [0.717, 1.165) is 42.5 Å². The van der Waals surface area contributed by atoms with Crippen molar-refractivity contribution in [2.45, 2.75) is 26.7 Å². The SMILES string of the molecule is CC#Cc1ccc(N2CC[C@H](C)C2)nc1Cc1ccccc1. The van der Waals surface area contributed by atoms with Gasteiger partial charge < -0.3 is 4.90 Å². The molecule has 0 bridgehead atoms. The third-order valence-electron chi connectivity index (χ3n) is 4.18. The minimum atomic E-state index is 0.759. The fourth-order valence-corrected chi connectivity index (χ4v) is 2.98. The minimum absolute atomic E-state index is 0.759. The molecule has 2 aromatic rings. The minimum Gasteiger partial charge on any atom is -0.356 e. The van der Waals surface area contributed by atoms with Crippen molar-refractivity contribution < 1.29 is 0 Å². The molecule has 1 fully saturated rings. The van der Waals surface area contributed by atoms with E-state index in [0.29, 0.717) is 0 Å². The maximum Gasteiger partial charge on any atom is 0.128 e. The van der Waals surface area contributed by atoms with E-state index in [-0.39, 0.29) is 0 Å². The lowest BCUT2D eigenvalue weighted by Gasteiger charge is -2.18. The van der Waals surface area contributed by atoms with Crippen LogP contribution in [0.5, 0.6) is 0 Å². The van der Waals surface area contributed by atoms with Crippen LogP contribution in [0.2, 0.25) is 0 Å². The summed E-state index contributed by atoms with van der Waals surface area (Å²) in [5.74, 6) is 8.05. The average molecular weight is 290 g/mol. The monoisotopic (exact) mass is 290 g/mol. The zero-order chi connectivity index (χ0) is 15.4. The Hall–Kier alpha value is -2.27. The van der Waals surface area contributed by atoms with Crippen LogP contribution in [0.3, 0.4) is 0 Å². The van der Waals surface area contributed by atoms with Gasteiger partial charge >= 0.3 is 0 Å². The molecule has 0 N–H and O–H groups in total. The van der Waals surface area contributed by atoms with E-state index in [9.17, 15) is 0 Å². The topological polar surface area (TPSA) is 16.1 Å². The molecule has 0 radical (unpaired) electrons. The van der Waals surface area contributed by atoms with Gasteiger partial charge in [-0.25, -0.2) is 4.98 Å². The Kier molecular flexibility index (Phi) is 4.44. The van der Waals surface area contributed by atoms with Crippen LogP contribution in [0.4, 0.5) is 5.82 Å². The first kappa shape index (κ1) is 14.7. The molecule has 0 unspecified atom stereocenters. The molecule has 1 saturated heterocycles. The van der Waals surface area contributed by atoms with Crippen LogP contribution in [-0.4, -0.2) is 18.1 Å². The van der Waals surface area contributed by atoms with Gasteiger partial charge in [-0.2, -0.15) is 0 Å². The van der Waals surface area contributed by atoms with Crippen molar-refractivity contribution in [2.75, 3.05) is 18.0 Å². The predicted octanol–water partition coefficient (Wildman–Crippen LogP) is 3.89. The number of pyridine rings is 1. The number of benzene rings is 1. The molecule has 22 heavy (non-hydrogen) atoms. The first-order valence-electron chi connectivity index (χ1n) is 7.98. The Morgan fingerprint density at radius 1 is 1.18 bits per heavy atom. The molecular weight excluding hydrogens is 268 g/mol. The van der Waals surface area contributed by atoms with Crippen LogP contribution < -0.4 is 4.90 Å². The highest BCUT2D eigenvalue weighted by atomic mass is 15.2. The van der Waals surface area contributed by atoms with E-state index in [4.69, 9.17) is 4.98 Å². The lowest BCUT2D eigenvalue weighted by atomic mass is 10.1. The van der Waals surface area contributed by atoms with Crippen LogP contribution in [0.1, 0.15) is 37.1 Å². The third-order valence-corrected chi connectivity index (χ3v) is 4.18. The molecule has 1 aromatic carbocycles. The molecule has 1 aromatic heterocycles. The second kappa shape index (κ2) is 6.66. The standard InChI is InChI=1S/C20H22N2/c1-3-7-18-10-11-20(22-13-12-16(2)15-22)21-19(18)14-17-8-5-4-6-9-17/h4-6,8-11,16H,12-15H2,1-2H3/t16-/m0/s1. The summed E-state index contributed by atoms with van der Waals surface area (Å²) in [6.07, 6.45) is 2.09. The van der Waals surface area contributed by atoms with Gasteiger partial charge in [0.1, 0.15) is 5.82 Å². The normalized spacial score (nSPS) is 17.2. The number of anilines is 1. The lowest BCUT2D eigenvalue weighted by Crippen LogP contribution is -2.21. The number of aromatic nitrogens is 1. The maximum atomic E-state index is 4.93. The lowest BCUT2D eigenvalue weighted by molar-refractivity contribution is 0.659. The Labute approximate surface area is 133 Å². The Bertz CT molecular complexity index is 695. The zero-order valence-electron chi connectivity index (χ0n) is 13.3. The van der Waals surface area contributed by atoms with Gasteiger partial charge in [-0.15, -0.1) is 5.92 Å². The van der Waals surface area contributed by atoms with Crippen LogP contribution in [-0.2, 0) is 6.42 Å². The summed E-state index contributed by atoms with van der Waals surface area (Å²) in [4.78, 5) is 7.32. The molecule has 0 saturated carbocycles. The van der Waals surface area contributed by atoms with Crippen LogP contribution >= 0.6 is 0 Å². The third kappa shape index (κ3) is 3.31. The van der Waals surface area contributed by atoms with Crippen LogP contribution in [0.15, 0.2) is 42.5 Å². The molecule has 1 aliphatic rings. The fraction of sp³-hybridized carbons (Fsp3) is 0.350. The van der Waals surface area contributed by atoms with Crippen molar-refractivity contribution in [1.82, 2.24) is 4.98 Å². The number of rotatable bonds is 3. The fourth-order valence-electron chi connectivity index (χ4n) is 2.98. The van der Waals surface area contributed by atoms with E-state index < -0.39 is 0 Å². The highest BCUT2D eigenvalue weighted by Crippen LogP contribution is 2.23. The second-order valence-electron chi connectivity index (χ2n) is 6.04. The Morgan fingerprint density at radius 3 is 2.68 bits per heavy atom. The summed E-state index contributed by atoms with van der Waals surface area (Å²) in [5.41, 5.74) is 3.40. The smallest absolute Gasteiger partial charge is 0.128 e. The van der Waals surface area contributed by atoms with Crippen molar-refractivity contribution in [3.05, 3.63) is 59.3 Å². The molecule has 112 valence electrons. The van der Waals surface area contributed by atoms with Crippen molar-refractivity contribution in [2.24, 2.45) is 5.92 Å². The van der Waals surface area contributed by atoms with Gasteiger partial charge in [0.05, 0.1) is 5.69 Å². The molecule has 0 aliphatic carbocycles. The van der Waals surface area contributed by atoms with Crippen LogP contribution in [0, 0.1) is 17.8 Å². The van der Waals surface area contributed by atoms with Gasteiger partial charge in [-0.3, -0.25) is 0 Å². The Morgan fingerprint density at radius 2 is 2.00 bits per heavy atom. The first-order chi connectivity index (χ1) is 10.8. The molecule has 3 rings (SSSR count). The highest BCUT2D eigenvalue weighted by Gasteiger charge is 2.20. The van der Waals surface area contributed by atoms with Crippen molar-refractivity contribution in [3.63, 3.8) is 0 Å². The highest BCUT2D eigenvalue weighted by molar-refractivity contribution is 5.48. The summed E-state index contributed by atoms with van der Waals surface area (Å²) in [6.45, 7) is 6.40. The molecule has 0 amide bonds. The molecule has 1 aliphatic heterocycles. The molecule has 1 atom stereocenters. The van der Waals surface area contributed by atoms with Gasteiger partial charge in [0.25, 0.3) is 0 Å². The largest absolute Gasteiger partial charge is 0.356 e. The van der Waals surface area contributed by atoms with Gasteiger partial charge in [0, 0.05) is 25.1 Å². The van der Waals surface area contributed by atoms with E-state index in [1.807, 2.05) is 13.0 Å². The molecule has 2 heteroatoms. The van der Waals surface area contributed by atoms with E-state index in [1.165, 1.54) is 12.0 Å². The van der Waals surface area contributed by atoms with Crippen LogP contribution in [0.25, 0.3) is 0 Å². The summed E-state index contributed by atoms with van der Waals surface area (Å²) in [6, 6.07) is 14.7. The molecular formula is C20H22N2. The van der Waals surface area contributed by atoms with Gasteiger partial charge in [0.2, 0.25) is 0 Å². The summed E-state index contributed by atoms with van der Waals surface area (Å²) in [5, 5.41) is 0. The number of hydrogen-bond acceptors (Lipinski definition) is 2.